The third-order valence-corrected chi connectivity index (χ3v) is 8.28. The molecule has 1 aromatic carbocycles. The number of esters is 1. The predicted molar refractivity (Wildman–Crippen MR) is 145 cm³/mol. The van der Waals surface area contributed by atoms with E-state index in [-0.39, 0.29) is 23.8 Å². The number of hydrogen-bond acceptors (Lipinski definition) is 9. The molecule has 11 heteroatoms. The van der Waals surface area contributed by atoms with Crippen LogP contribution in [0.25, 0.3) is 0 Å². The Kier molecular flexibility index (Phi) is 6.82. The first-order valence-corrected chi connectivity index (χ1v) is 13.5. The van der Waals surface area contributed by atoms with Crippen LogP contribution in [0.3, 0.4) is 0 Å². The van der Waals surface area contributed by atoms with Crippen molar-refractivity contribution in [2.45, 2.75) is 76.5 Å². The van der Waals surface area contributed by atoms with Gasteiger partial charge in [0.15, 0.2) is 5.54 Å². The highest BCUT2D eigenvalue weighted by Gasteiger charge is 2.88. The van der Waals surface area contributed by atoms with E-state index in [1.807, 2.05) is 26.8 Å². The smallest absolute Gasteiger partial charge is 0.338 e. The Hall–Kier alpha value is -3.47. The second-order valence-electron chi connectivity index (χ2n) is 12.1. The first-order valence-electron chi connectivity index (χ1n) is 12.6. The van der Waals surface area contributed by atoms with Crippen molar-refractivity contribution in [3.63, 3.8) is 0 Å². The molecule has 10 nitrogen and oxygen atoms in total. The fraction of sp³-hybridized carbons (Fsp3) is 0.536. The number of rotatable bonds is 7. The summed E-state index contributed by atoms with van der Waals surface area (Å²) in [6.45, 7) is 11.2. The van der Waals surface area contributed by atoms with Crippen LogP contribution in [0.2, 0.25) is 0 Å². The van der Waals surface area contributed by atoms with E-state index in [0.717, 1.165) is 5.56 Å². The molecule has 0 radical (unpaired) electrons. The van der Waals surface area contributed by atoms with E-state index in [9.17, 15) is 19.5 Å². The van der Waals surface area contributed by atoms with Crippen LogP contribution in [0.15, 0.2) is 34.9 Å². The van der Waals surface area contributed by atoms with Gasteiger partial charge >= 0.3 is 11.9 Å². The number of aliphatic carboxylic acids is 1. The van der Waals surface area contributed by atoms with E-state index in [4.69, 9.17) is 14.3 Å². The quantitative estimate of drug-likeness (QED) is 0.302. The van der Waals surface area contributed by atoms with E-state index >= 15 is 0 Å². The number of methoxy groups -OCH3 is 1. The largest absolute Gasteiger partial charge is 0.496 e. The summed E-state index contributed by atoms with van der Waals surface area (Å²) in [5.41, 5.74) is -4.81. The summed E-state index contributed by atoms with van der Waals surface area (Å²) in [7, 11) is 2.83. The van der Waals surface area contributed by atoms with Crippen LogP contribution in [-0.2, 0) is 30.1 Å². The molecule has 0 spiro atoms. The Morgan fingerprint density at radius 2 is 1.82 bits per heavy atom. The molecule has 39 heavy (non-hydrogen) atoms. The minimum Gasteiger partial charge on any atom is -0.496 e. The van der Waals surface area contributed by atoms with Gasteiger partial charge in [-0.25, -0.2) is 9.78 Å². The minimum absolute atomic E-state index is 0.0944. The average molecular weight is 558 g/mol. The lowest BCUT2D eigenvalue weighted by molar-refractivity contribution is -0.164. The maximum Gasteiger partial charge on any atom is 0.338 e. The van der Waals surface area contributed by atoms with Crippen LogP contribution in [0, 0.1) is 5.41 Å². The number of carbonyl (C=O) groups excluding carboxylic acids is 2. The molecule has 2 fully saturated rings. The molecule has 1 aromatic heterocycles. The van der Waals surface area contributed by atoms with Crippen molar-refractivity contribution >= 4 is 35.4 Å². The molecule has 2 heterocycles. The Morgan fingerprint density at radius 3 is 2.33 bits per heavy atom. The van der Waals surface area contributed by atoms with Crippen molar-refractivity contribution < 1.29 is 33.8 Å². The summed E-state index contributed by atoms with van der Waals surface area (Å²) < 4.78 is 11.4. The second-order valence-corrected chi connectivity index (χ2v) is 13.0. The summed E-state index contributed by atoms with van der Waals surface area (Å²) in [4.78, 5) is 52.1. The number of oxime groups is 1. The Morgan fingerprint density at radius 1 is 1.13 bits per heavy atom. The number of hydrogen-bond donors (Lipinski definition) is 1. The maximum absolute atomic E-state index is 14.6. The molecule has 1 saturated heterocycles. The van der Waals surface area contributed by atoms with E-state index in [1.54, 1.807) is 44.5 Å². The van der Waals surface area contributed by atoms with Crippen molar-refractivity contribution in [1.82, 2.24) is 9.88 Å². The second kappa shape index (κ2) is 9.32. The van der Waals surface area contributed by atoms with E-state index in [0.29, 0.717) is 10.8 Å². The van der Waals surface area contributed by atoms with Crippen LogP contribution in [-0.4, -0.2) is 64.4 Å². The predicted octanol–water partition coefficient (Wildman–Crippen LogP) is 4.38. The number of ether oxygens (including phenoxy) is 2. The summed E-state index contributed by atoms with van der Waals surface area (Å²) in [6.07, 6.45) is 2.59. The molecule has 0 bridgehead atoms. The van der Waals surface area contributed by atoms with E-state index < -0.39 is 39.9 Å². The van der Waals surface area contributed by atoms with Crippen molar-refractivity contribution in [2.24, 2.45) is 10.6 Å². The number of carboxylic acids is 1. The first-order chi connectivity index (χ1) is 18.1. The molecule has 2 aliphatic rings. The van der Waals surface area contributed by atoms with Gasteiger partial charge in [-0.05, 0) is 50.3 Å². The zero-order chi connectivity index (χ0) is 29.0. The SMILES string of the molecule is CO/N=C/C1(C(=O)OC(C)(C)C)CC2(C(=O)O)CC2(c2nccs2)N1C(=O)c1ccc(C(C)(C)C)c(OC)c1. The molecular formula is C28H35N3O7S. The van der Waals surface area contributed by atoms with Gasteiger partial charge in [0, 0.05) is 23.6 Å². The van der Waals surface area contributed by atoms with Gasteiger partial charge in [-0.2, -0.15) is 0 Å². The summed E-state index contributed by atoms with van der Waals surface area (Å²) in [5, 5.41) is 16.5. The molecule has 4 rings (SSSR count). The molecule has 1 aliphatic heterocycles. The van der Waals surface area contributed by atoms with Gasteiger partial charge in [-0.1, -0.05) is 32.0 Å². The van der Waals surface area contributed by atoms with Gasteiger partial charge in [-0.3, -0.25) is 9.59 Å². The summed E-state index contributed by atoms with van der Waals surface area (Å²) >= 11 is 1.24. The number of benzene rings is 1. The Labute approximate surface area is 231 Å². The number of fused-ring (bicyclic) bond motifs is 1. The third kappa shape index (κ3) is 4.36. The van der Waals surface area contributed by atoms with Crippen LogP contribution in [0.4, 0.5) is 0 Å². The van der Waals surface area contributed by atoms with Gasteiger partial charge in [0.1, 0.15) is 34.4 Å². The van der Waals surface area contributed by atoms with Crippen LogP contribution >= 0.6 is 11.3 Å². The zero-order valence-corrected chi connectivity index (χ0v) is 24.3. The van der Waals surface area contributed by atoms with Crippen LogP contribution in [0.1, 0.15) is 75.3 Å². The number of nitrogens with zero attached hydrogens (tertiary/aromatic N) is 3. The van der Waals surface area contributed by atoms with Crippen LogP contribution < -0.4 is 4.74 Å². The van der Waals surface area contributed by atoms with Crippen molar-refractivity contribution in [3.8, 4) is 5.75 Å². The average Bonchev–Trinajstić information content (AvgIpc) is 3.16. The number of carbonyl (C=O) groups is 3. The molecule has 1 N–H and O–H groups in total. The number of amides is 1. The third-order valence-electron chi connectivity index (χ3n) is 7.36. The van der Waals surface area contributed by atoms with Gasteiger partial charge in [0.05, 0.1) is 13.3 Å². The highest BCUT2D eigenvalue weighted by molar-refractivity contribution is 7.09. The van der Waals surface area contributed by atoms with Gasteiger partial charge in [-0.15, -0.1) is 11.3 Å². The number of piperidine rings is 1. The normalized spacial score (nSPS) is 26.3. The minimum atomic E-state index is -1.88. The Bertz CT molecular complexity index is 1330. The fourth-order valence-corrected chi connectivity index (χ4v) is 6.59. The van der Waals surface area contributed by atoms with Gasteiger partial charge in [0.25, 0.3) is 5.91 Å². The van der Waals surface area contributed by atoms with Crippen LogP contribution in [0.5, 0.6) is 5.75 Å². The number of aromatic nitrogens is 1. The van der Waals surface area contributed by atoms with Gasteiger partial charge in [0.2, 0.25) is 0 Å². The first kappa shape index (κ1) is 28.5. The molecular weight excluding hydrogens is 522 g/mol. The van der Waals surface area contributed by atoms with Crippen molar-refractivity contribution in [1.29, 1.82) is 0 Å². The molecule has 2 aromatic rings. The van der Waals surface area contributed by atoms with Crippen molar-refractivity contribution in [3.05, 3.63) is 45.9 Å². The van der Waals surface area contributed by atoms with E-state index in [2.05, 4.69) is 10.1 Å². The topological polar surface area (TPSA) is 128 Å². The highest BCUT2D eigenvalue weighted by atomic mass is 32.1. The van der Waals surface area contributed by atoms with Gasteiger partial charge < -0.3 is 24.3 Å². The lowest BCUT2D eigenvalue weighted by Crippen LogP contribution is -2.60. The molecule has 1 aliphatic carbocycles. The molecule has 210 valence electrons. The molecule has 3 unspecified atom stereocenters. The summed E-state index contributed by atoms with van der Waals surface area (Å²) in [6, 6.07) is 5.10. The Balaban J connectivity index is 1.99. The molecule has 1 amide bonds. The number of likely N-dealkylation sites (tertiary alicyclic amines) is 1. The lowest BCUT2D eigenvalue weighted by Gasteiger charge is -2.40. The summed E-state index contributed by atoms with van der Waals surface area (Å²) in [5.74, 6) is -2.00. The maximum atomic E-state index is 14.6. The highest BCUT2D eigenvalue weighted by Crippen LogP contribution is 2.76. The number of thiazole rings is 1. The van der Waals surface area contributed by atoms with Crippen molar-refractivity contribution in [2.75, 3.05) is 14.2 Å². The number of carboxylic acid groups (broad SMARTS) is 1. The zero-order valence-electron chi connectivity index (χ0n) is 23.5. The standard InChI is InChI=1S/C28H35N3O7S/c1-24(2,3)18-10-9-17(13-19(18)36-7)20(32)31-27(16-30-37-8,23(35)38-25(4,5)6)14-26(22(33)34)15-28(26,31)21-29-11-12-39-21/h9-13,16H,14-15H2,1-8H3,(H,33,34)/b30-16+. The molecule has 3 atom stereocenters. The monoisotopic (exact) mass is 557 g/mol. The fourth-order valence-electron chi connectivity index (χ4n) is 5.66. The lowest BCUT2D eigenvalue weighted by atomic mass is 9.85. The molecule has 1 saturated carbocycles. The van der Waals surface area contributed by atoms with E-state index in [1.165, 1.54) is 36.7 Å².